The van der Waals surface area contributed by atoms with E-state index in [1.165, 1.54) is 89.9 Å². The quantitative estimate of drug-likeness (QED) is 0.0368. The van der Waals surface area contributed by atoms with E-state index >= 15 is 0 Å². The van der Waals surface area contributed by atoms with E-state index in [9.17, 15) is 14.4 Å². The number of carbonyl (C=O) groups is 3. The van der Waals surface area contributed by atoms with E-state index in [-0.39, 0.29) is 24.0 Å². The van der Waals surface area contributed by atoms with Gasteiger partial charge >= 0.3 is 17.9 Å². The molecule has 0 aromatic heterocycles. The Morgan fingerprint density at radius 2 is 1.13 bits per heavy atom. The summed E-state index contributed by atoms with van der Waals surface area (Å²) in [7, 11) is 4.06. The lowest BCUT2D eigenvalue weighted by atomic mass is 9.63. The maximum atomic E-state index is 12.6. The third-order valence-electron chi connectivity index (χ3n) is 12.2. The maximum Gasteiger partial charge on any atom is 0.306 e. The van der Waals surface area contributed by atoms with Crippen LogP contribution in [-0.4, -0.2) is 62.8 Å². The minimum absolute atomic E-state index is 0.0147. The second-order valence-corrected chi connectivity index (χ2v) is 17.2. The van der Waals surface area contributed by atoms with Crippen molar-refractivity contribution in [3.8, 4) is 0 Å². The van der Waals surface area contributed by atoms with Crippen molar-refractivity contribution in [3.05, 3.63) is 0 Å². The van der Waals surface area contributed by atoms with Gasteiger partial charge in [0.15, 0.2) is 0 Å². The van der Waals surface area contributed by atoms with Gasteiger partial charge in [-0.25, -0.2) is 0 Å². The van der Waals surface area contributed by atoms with Crippen LogP contribution in [0.5, 0.6) is 0 Å². The summed E-state index contributed by atoms with van der Waals surface area (Å²) in [6, 6.07) is 0. The Labute approximate surface area is 327 Å². The van der Waals surface area contributed by atoms with Crippen LogP contribution in [0.3, 0.4) is 0 Å². The molecule has 1 unspecified atom stereocenters. The van der Waals surface area contributed by atoms with Gasteiger partial charge in [-0.2, -0.15) is 0 Å². The van der Waals surface area contributed by atoms with Crippen LogP contribution in [0.15, 0.2) is 0 Å². The van der Waals surface area contributed by atoms with E-state index in [2.05, 4.69) is 18.7 Å². The predicted molar refractivity (Wildman–Crippen MR) is 219 cm³/mol. The first-order valence-corrected chi connectivity index (χ1v) is 23.0. The Balaban J connectivity index is 1.55. The van der Waals surface area contributed by atoms with Gasteiger partial charge in [-0.3, -0.25) is 14.4 Å². The molecule has 2 rings (SSSR count). The number of fused-ring (bicyclic) bond motifs is 1. The number of esters is 3. The van der Waals surface area contributed by atoms with Crippen LogP contribution in [0.2, 0.25) is 0 Å². The van der Waals surface area contributed by atoms with Crippen LogP contribution in [0.1, 0.15) is 213 Å². The second kappa shape index (κ2) is 31.6. The zero-order valence-electron chi connectivity index (χ0n) is 35.3. The second-order valence-electron chi connectivity index (χ2n) is 17.2. The summed E-state index contributed by atoms with van der Waals surface area (Å²) in [5.41, 5.74) is 0. The van der Waals surface area contributed by atoms with Crippen molar-refractivity contribution in [2.24, 2.45) is 23.7 Å². The molecule has 0 saturated heterocycles. The van der Waals surface area contributed by atoms with Crippen molar-refractivity contribution < 1.29 is 28.6 Å². The van der Waals surface area contributed by atoms with Crippen molar-refractivity contribution in [2.75, 3.05) is 33.9 Å². The van der Waals surface area contributed by atoms with E-state index in [0.717, 1.165) is 108 Å². The summed E-state index contributed by atoms with van der Waals surface area (Å²) in [4.78, 5) is 39.4. The maximum absolute atomic E-state index is 12.6. The van der Waals surface area contributed by atoms with E-state index in [0.29, 0.717) is 44.3 Å². The Kier molecular flexibility index (Phi) is 28.3. The summed E-state index contributed by atoms with van der Waals surface area (Å²) >= 11 is 0. The standard InChI is InChI=1S/C46H85NO6/c1-5-7-16-25-39(26-17-8-6-2)34-36-51-44(48)31-22-13-9-11-19-28-42(53-46(50)33-24-35-47(3)4)29-20-12-10-14-23-32-45(49)52-38-41-37-40-27-18-15-21-30-43(40)41/h39-43H,5-38H2,1-4H3/t40-,41-,42?,43-/m1/s1. The predicted octanol–water partition coefficient (Wildman–Crippen LogP) is 12.2. The monoisotopic (exact) mass is 748 g/mol. The fourth-order valence-corrected chi connectivity index (χ4v) is 8.76. The highest BCUT2D eigenvalue weighted by Gasteiger charge is 2.41. The average molecular weight is 748 g/mol. The molecule has 7 heteroatoms. The first kappa shape index (κ1) is 47.5. The molecule has 2 aliphatic carbocycles. The molecule has 7 nitrogen and oxygen atoms in total. The highest BCUT2D eigenvalue weighted by atomic mass is 16.5. The molecule has 2 aliphatic rings. The van der Waals surface area contributed by atoms with E-state index in [4.69, 9.17) is 14.2 Å². The largest absolute Gasteiger partial charge is 0.466 e. The molecule has 0 heterocycles. The molecular weight excluding hydrogens is 663 g/mol. The molecule has 0 N–H and O–H groups in total. The SMILES string of the molecule is CCCCCC(CCCCC)CCOC(=O)CCCCCCCC(CCCCCCCC(=O)OC[C@H]1C[C@H]2CCCCC[C@H]21)OC(=O)CCCN(C)C. The van der Waals surface area contributed by atoms with Gasteiger partial charge in [-0.05, 0) is 109 Å². The minimum Gasteiger partial charge on any atom is -0.466 e. The zero-order valence-corrected chi connectivity index (χ0v) is 35.3. The molecule has 0 aromatic rings. The molecule has 0 spiro atoms. The summed E-state index contributed by atoms with van der Waals surface area (Å²) in [6.07, 6.45) is 33.9. The van der Waals surface area contributed by atoms with Gasteiger partial charge in [0.1, 0.15) is 6.10 Å². The van der Waals surface area contributed by atoms with Crippen molar-refractivity contribution in [3.63, 3.8) is 0 Å². The van der Waals surface area contributed by atoms with Crippen LogP contribution in [0.4, 0.5) is 0 Å². The zero-order chi connectivity index (χ0) is 38.4. The number of hydrogen-bond donors (Lipinski definition) is 0. The molecular formula is C46H85NO6. The molecule has 2 fully saturated rings. The summed E-state index contributed by atoms with van der Waals surface area (Å²) in [6.45, 7) is 6.62. The van der Waals surface area contributed by atoms with Crippen LogP contribution in [0.25, 0.3) is 0 Å². The van der Waals surface area contributed by atoms with Gasteiger partial charge in [0.05, 0.1) is 13.2 Å². The smallest absolute Gasteiger partial charge is 0.306 e. The Bertz CT molecular complexity index is 914. The summed E-state index contributed by atoms with van der Waals surface area (Å²) < 4.78 is 17.3. The van der Waals surface area contributed by atoms with Crippen molar-refractivity contribution >= 4 is 17.9 Å². The van der Waals surface area contributed by atoms with Gasteiger partial charge in [0, 0.05) is 19.3 Å². The first-order valence-electron chi connectivity index (χ1n) is 23.0. The summed E-state index contributed by atoms with van der Waals surface area (Å²) in [5, 5.41) is 0. The fourth-order valence-electron chi connectivity index (χ4n) is 8.76. The number of ether oxygens (including phenoxy) is 3. The Hall–Kier alpha value is -1.63. The topological polar surface area (TPSA) is 82.1 Å². The number of rotatable bonds is 34. The third-order valence-corrected chi connectivity index (χ3v) is 12.2. The van der Waals surface area contributed by atoms with Gasteiger partial charge < -0.3 is 19.1 Å². The van der Waals surface area contributed by atoms with Crippen molar-refractivity contribution in [1.29, 1.82) is 0 Å². The number of nitrogens with zero attached hydrogens (tertiary/aromatic N) is 1. The van der Waals surface area contributed by atoms with Crippen LogP contribution in [-0.2, 0) is 28.6 Å². The highest BCUT2D eigenvalue weighted by molar-refractivity contribution is 5.70. The lowest BCUT2D eigenvalue weighted by molar-refractivity contribution is -0.150. The molecule has 0 amide bonds. The first-order chi connectivity index (χ1) is 25.8. The van der Waals surface area contributed by atoms with Crippen LogP contribution >= 0.6 is 0 Å². The molecule has 4 atom stereocenters. The molecule has 0 bridgehead atoms. The van der Waals surface area contributed by atoms with Gasteiger partial charge in [0.2, 0.25) is 0 Å². The average Bonchev–Trinajstić information content (AvgIpc) is 3.31. The van der Waals surface area contributed by atoms with Gasteiger partial charge in [-0.15, -0.1) is 0 Å². The van der Waals surface area contributed by atoms with Gasteiger partial charge in [-0.1, -0.05) is 129 Å². The number of hydrogen-bond acceptors (Lipinski definition) is 7. The Morgan fingerprint density at radius 3 is 1.75 bits per heavy atom. The van der Waals surface area contributed by atoms with E-state index in [1.54, 1.807) is 0 Å². The van der Waals surface area contributed by atoms with Crippen LogP contribution < -0.4 is 0 Å². The van der Waals surface area contributed by atoms with E-state index < -0.39 is 0 Å². The van der Waals surface area contributed by atoms with E-state index in [1.807, 2.05) is 14.1 Å². The minimum atomic E-state index is -0.0708. The lowest BCUT2D eigenvalue weighted by Gasteiger charge is -2.43. The molecule has 0 radical (unpaired) electrons. The van der Waals surface area contributed by atoms with Gasteiger partial charge in [0.25, 0.3) is 0 Å². The van der Waals surface area contributed by atoms with Crippen LogP contribution in [0, 0.1) is 23.7 Å². The Morgan fingerprint density at radius 1 is 0.585 bits per heavy atom. The molecule has 0 aliphatic heterocycles. The summed E-state index contributed by atoms with van der Waals surface area (Å²) in [5.74, 6) is 2.89. The fraction of sp³-hybridized carbons (Fsp3) is 0.935. The molecule has 310 valence electrons. The lowest BCUT2D eigenvalue weighted by Crippen LogP contribution is -2.39. The molecule has 2 saturated carbocycles. The van der Waals surface area contributed by atoms with Crippen molar-refractivity contribution in [2.45, 2.75) is 219 Å². The highest BCUT2D eigenvalue weighted by Crippen LogP contribution is 2.48. The number of carbonyl (C=O) groups excluding carboxylic acids is 3. The third kappa shape index (κ3) is 24.5. The molecule has 53 heavy (non-hydrogen) atoms. The van der Waals surface area contributed by atoms with Crippen molar-refractivity contribution in [1.82, 2.24) is 4.90 Å². The molecule has 0 aromatic carbocycles. The normalized spacial score (nSPS) is 19.0. The number of unbranched alkanes of at least 4 members (excludes halogenated alkanes) is 12.